The van der Waals surface area contributed by atoms with E-state index in [-0.39, 0.29) is 0 Å². The van der Waals surface area contributed by atoms with Gasteiger partial charge >= 0.3 is 0 Å². The molecule has 0 atom stereocenters. The molecule has 0 aliphatic heterocycles. The fourth-order valence-electron chi connectivity index (χ4n) is 3.66. The molecule has 0 saturated carbocycles. The molecule has 2 aromatic carbocycles. The summed E-state index contributed by atoms with van der Waals surface area (Å²) < 4.78 is 7.61. The molecule has 7 nitrogen and oxygen atoms in total. The predicted octanol–water partition coefficient (Wildman–Crippen LogP) is 6.36. The van der Waals surface area contributed by atoms with Gasteiger partial charge in [0.15, 0.2) is 5.16 Å². The number of nitrogens with one attached hydrogen (secondary N) is 1. The molecular formula is C27H27ClN6OS. The van der Waals surface area contributed by atoms with Crippen LogP contribution in [0.15, 0.2) is 65.1 Å². The summed E-state index contributed by atoms with van der Waals surface area (Å²) in [6.07, 6.45) is 10.3. The lowest BCUT2D eigenvalue weighted by molar-refractivity contribution is 0.414. The number of hydrogen-bond donors (Lipinski definition) is 1. The monoisotopic (exact) mass is 518 g/mol. The van der Waals surface area contributed by atoms with Crippen molar-refractivity contribution in [3.63, 3.8) is 0 Å². The van der Waals surface area contributed by atoms with Gasteiger partial charge in [0.05, 0.1) is 28.9 Å². The van der Waals surface area contributed by atoms with E-state index in [1.165, 1.54) is 11.8 Å². The lowest BCUT2D eigenvalue weighted by atomic mass is 10.0. The minimum absolute atomic E-state index is 0.432. The number of anilines is 2. The van der Waals surface area contributed by atoms with Crippen LogP contribution in [0, 0.1) is 11.3 Å². The van der Waals surface area contributed by atoms with Crippen LogP contribution in [-0.4, -0.2) is 47.2 Å². The maximum atomic E-state index is 9.78. The average Bonchev–Trinajstić information content (AvgIpc) is 3.27. The fourth-order valence-corrected chi connectivity index (χ4v) is 4.76. The molecule has 0 bridgehead atoms. The molecule has 9 heteroatoms. The van der Waals surface area contributed by atoms with Crippen LogP contribution in [0.25, 0.3) is 17.0 Å². The van der Waals surface area contributed by atoms with Crippen LogP contribution < -0.4 is 10.1 Å². The number of hydrogen-bond acceptors (Lipinski definition) is 7. The zero-order chi connectivity index (χ0) is 25.7. The summed E-state index contributed by atoms with van der Waals surface area (Å²) in [5, 5.41) is 15.4. The molecular weight excluding hydrogens is 492 g/mol. The van der Waals surface area contributed by atoms with Crippen LogP contribution in [0.3, 0.4) is 0 Å². The van der Waals surface area contributed by atoms with Gasteiger partial charge in [0.1, 0.15) is 11.8 Å². The van der Waals surface area contributed by atoms with E-state index in [1.54, 1.807) is 19.5 Å². The van der Waals surface area contributed by atoms with Crippen molar-refractivity contribution in [3.8, 4) is 11.8 Å². The number of imidazole rings is 1. The van der Waals surface area contributed by atoms with Gasteiger partial charge in [0, 0.05) is 53.7 Å². The van der Waals surface area contributed by atoms with Crippen molar-refractivity contribution in [1.29, 1.82) is 5.26 Å². The average molecular weight is 519 g/mol. The number of nitrogens with zero attached hydrogens (tertiary/aromatic N) is 5. The van der Waals surface area contributed by atoms with E-state index in [0.29, 0.717) is 22.0 Å². The Morgan fingerprint density at radius 2 is 2.08 bits per heavy atom. The third-order valence-corrected chi connectivity index (χ3v) is 7.14. The number of aryl methyl sites for hydroxylation is 1. The number of methoxy groups -OCH3 is 1. The summed E-state index contributed by atoms with van der Waals surface area (Å²) in [4.78, 5) is 11.9. The summed E-state index contributed by atoms with van der Waals surface area (Å²) in [7, 11) is 7.69. The molecule has 0 spiro atoms. The number of halogens is 1. The Morgan fingerprint density at radius 1 is 1.25 bits per heavy atom. The van der Waals surface area contributed by atoms with Gasteiger partial charge in [-0.25, -0.2) is 4.98 Å². The third-order valence-electron chi connectivity index (χ3n) is 5.56. The van der Waals surface area contributed by atoms with Crippen LogP contribution in [0.1, 0.15) is 17.5 Å². The number of aromatic nitrogens is 3. The van der Waals surface area contributed by atoms with Gasteiger partial charge in [-0.15, -0.1) is 0 Å². The van der Waals surface area contributed by atoms with Crippen molar-refractivity contribution in [2.75, 3.05) is 33.1 Å². The van der Waals surface area contributed by atoms with Crippen LogP contribution in [0.2, 0.25) is 5.02 Å². The molecule has 2 aromatic heterocycles. The fraction of sp³-hybridized carbons (Fsp3) is 0.222. The first-order valence-corrected chi connectivity index (χ1v) is 12.5. The van der Waals surface area contributed by atoms with Crippen LogP contribution in [-0.2, 0) is 7.05 Å². The Labute approximate surface area is 220 Å². The van der Waals surface area contributed by atoms with Crippen molar-refractivity contribution in [2.45, 2.75) is 16.5 Å². The highest BCUT2D eigenvalue weighted by atomic mass is 35.5. The quantitative estimate of drug-likeness (QED) is 0.276. The van der Waals surface area contributed by atoms with Crippen LogP contribution in [0.5, 0.6) is 5.75 Å². The topological polar surface area (TPSA) is 79.0 Å². The minimum atomic E-state index is 0.432. The zero-order valence-electron chi connectivity index (χ0n) is 20.6. The van der Waals surface area contributed by atoms with Gasteiger partial charge in [-0.05, 0) is 50.8 Å². The molecule has 0 amide bonds. The van der Waals surface area contributed by atoms with Crippen LogP contribution >= 0.6 is 23.4 Å². The van der Waals surface area contributed by atoms with Crippen molar-refractivity contribution in [1.82, 2.24) is 19.4 Å². The maximum Gasteiger partial charge on any atom is 0.172 e. The summed E-state index contributed by atoms with van der Waals surface area (Å²) in [5.74, 6) is 0.711. The van der Waals surface area contributed by atoms with Gasteiger partial charge in [0.25, 0.3) is 0 Å². The summed E-state index contributed by atoms with van der Waals surface area (Å²) in [6, 6.07) is 11.9. The van der Waals surface area contributed by atoms with Crippen LogP contribution in [0.4, 0.5) is 11.4 Å². The molecule has 0 aliphatic rings. The highest BCUT2D eigenvalue weighted by Crippen LogP contribution is 2.37. The van der Waals surface area contributed by atoms with E-state index in [2.05, 4.69) is 46.4 Å². The standard InChI is InChI=1S/C27H27ClN6OS/c1-33(2)11-6-5-7-18-13-23-21(15-24(18)35-4)26(19(16-29)17-31-23)32-20-8-9-25(22(28)14-20)36-27-30-10-12-34(27)3/h5,7-10,12-15,17H,6,11H2,1-4H3,(H,31,32). The van der Waals surface area contributed by atoms with E-state index in [1.807, 2.05) is 54.2 Å². The number of benzene rings is 2. The van der Waals surface area contributed by atoms with Crippen molar-refractivity contribution < 1.29 is 4.74 Å². The molecule has 4 aromatic rings. The predicted molar refractivity (Wildman–Crippen MR) is 147 cm³/mol. The Bertz CT molecular complexity index is 1460. The largest absolute Gasteiger partial charge is 0.496 e. The number of fused-ring (bicyclic) bond motifs is 1. The number of rotatable bonds is 9. The van der Waals surface area contributed by atoms with E-state index in [9.17, 15) is 5.26 Å². The second-order valence-corrected chi connectivity index (χ2v) is 9.87. The molecule has 0 unspecified atom stereocenters. The second kappa shape index (κ2) is 11.5. The molecule has 0 saturated heterocycles. The number of nitriles is 1. The highest BCUT2D eigenvalue weighted by molar-refractivity contribution is 7.99. The molecule has 1 N–H and O–H groups in total. The summed E-state index contributed by atoms with van der Waals surface area (Å²) in [5.41, 5.74) is 3.55. The molecule has 0 aliphatic carbocycles. The second-order valence-electron chi connectivity index (χ2n) is 8.46. The van der Waals surface area contributed by atoms with Gasteiger partial charge in [0.2, 0.25) is 0 Å². The first kappa shape index (κ1) is 25.6. The minimum Gasteiger partial charge on any atom is -0.496 e. The van der Waals surface area contributed by atoms with Crippen molar-refractivity contribution >= 4 is 51.7 Å². The maximum absolute atomic E-state index is 9.78. The molecule has 4 rings (SSSR count). The SMILES string of the molecule is COc1cc2c(Nc3ccc(Sc4nccn4C)c(Cl)c3)c(C#N)cnc2cc1C=CCCN(C)C. The smallest absolute Gasteiger partial charge is 0.172 e. The number of pyridine rings is 1. The van der Waals surface area contributed by atoms with Gasteiger partial charge < -0.3 is 19.5 Å². The van der Waals surface area contributed by atoms with E-state index in [4.69, 9.17) is 16.3 Å². The van der Waals surface area contributed by atoms with Crippen molar-refractivity contribution in [2.24, 2.45) is 7.05 Å². The molecule has 36 heavy (non-hydrogen) atoms. The summed E-state index contributed by atoms with van der Waals surface area (Å²) >= 11 is 8.09. The van der Waals surface area contributed by atoms with Crippen molar-refractivity contribution in [3.05, 3.63) is 71.1 Å². The molecule has 184 valence electrons. The number of ether oxygens (including phenoxy) is 1. The Balaban J connectivity index is 1.67. The first-order chi connectivity index (χ1) is 17.4. The molecule has 0 fully saturated rings. The lowest BCUT2D eigenvalue weighted by Crippen LogP contribution is -2.11. The van der Waals surface area contributed by atoms with Gasteiger partial charge in [-0.3, -0.25) is 4.98 Å². The molecule has 0 radical (unpaired) electrons. The Hall–Kier alpha value is -3.51. The van der Waals surface area contributed by atoms with E-state index >= 15 is 0 Å². The Kier molecular flexibility index (Phi) is 8.16. The van der Waals surface area contributed by atoms with E-state index in [0.717, 1.165) is 45.2 Å². The summed E-state index contributed by atoms with van der Waals surface area (Å²) in [6.45, 7) is 0.964. The third kappa shape index (κ3) is 5.82. The lowest BCUT2D eigenvalue weighted by Gasteiger charge is -2.15. The van der Waals surface area contributed by atoms with Gasteiger partial charge in [-0.1, -0.05) is 35.5 Å². The van der Waals surface area contributed by atoms with Gasteiger partial charge in [-0.2, -0.15) is 5.26 Å². The zero-order valence-corrected chi connectivity index (χ0v) is 22.2. The highest BCUT2D eigenvalue weighted by Gasteiger charge is 2.14. The first-order valence-electron chi connectivity index (χ1n) is 11.3. The molecule has 2 heterocycles. The Morgan fingerprint density at radius 3 is 2.75 bits per heavy atom. The van der Waals surface area contributed by atoms with E-state index < -0.39 is 0 Å². The normalized spacial score (nSPS) is 11.4.